The van der Waals surface area contributed by atoms with E-state index < -0.39 is 0 Å². The van der Waals surface area contributed by atoms with Gasteiger partial charge in [0.05, 0.1) is 0 Å². The maximum atomic E-state index is 13.4. The molecule has 6 heteroatoms. The van der Waals surface area contributed by atoms with Crippen molar-refractivity contribution in [3.8, 4) is 0 Å². The molecule has 1 saturated heterocycles. The second kappa shape index (κ2) is 10.7. The molecule has 3 aromatic carbocycles. The summed E-state index contributed by atoms with van der Waals surface area (Å²) < 4.78 is 5.48. The number of nitrogen functional groups attached to an aromatic ring is 1. The first kappa shape index (κ1) is 22.4. The number of nitrogens with zero attached hydrogens (tertiary/aromatic N) is 2. The largest absolute Gasteiger partial charge is 0.445 e. The van der Waals surface area contributed by atoms with Gasteiger partial charge in [-0.2, -0.15) is 0 Å². The SMILES string of the molecule is Nc1ccc(C(=O)N(Cc2ccccc2)C2CCN(C(=O)OCc3ccccc3)CC2)cc1. The highest BCUT2D eigenvalue weighted by atomic mass is 16.6. The van der Waals surface area contributed by atoms with Gasteiger partial charge in [0.15, 0.2) is 0 Å². The van der Waals surface area contributed by atoms with Gasteiger partial charge >= 0.3 is 6.09 Å². The molecule has 0 spiro atoms. The van der Waals surface area contributed by atoms with E-state index >= 15 is 0 Å². The van der Waals surface area contributed by atoms with E-state index in [-0.39, 0.29) is 24.6 Å². The van der Waals surface area contributed by atoms with Crippen molar-refractivity contribution in [3.63, 3.8) is 0 Å². The van der Waals surface area contributed by atoms with E-state index in [0.29, 0.717) is 43.7 Å². The van der Waals surface area contributed by atoms with Crippen molar-refractivity contribution in [1.82, 2.24) is 9.80 Å². The van der Waals surface area contributed by atoms with E-state index in [4.69, 9.17) is 10.5 Å². The number of benzene rings is 3. The average Bonchev–Trinajstić information content (AvgIpc) is 2.87. The third-order valence-electron chi connectivity index (χ3n) is 5.98. The molecule has 33 heavy (non-hydrogen) atoms. The van der Waals surface area contributed by atoms with Crippen molar-refractivity contribution in [2.45, 2.75) is 32.0 Å². The molecule has 4 rings (SSSR count). The Morgan fingerprint density at radius 1 is 0.848 bits per heavy atom. The number of anilines is 1. The van der Waals surface area contributed by atoms with Crippen molar-refractivity contribution in [2.24, 2.45) is 0 Å². The Bertz CT molecular complexity index is 1050. The van der Waals surface area contributed by atoms with Crippen LogP contribution in [0.4, 0.5) is 10.5 Å². The lowest BCUT2D eigenvalue weighted by Crippen LogP contribution is -2.48. The summed E-state index contributed by atoms with van der Waals surface area (Å²) in [5.41, 5.74) is 9.08. The number of rotatable bonds is 6. The maximum absolute atomic E-state index is 13.4. The smallest absolute Gasteiger partial charge is 0.410 e. The number of hydrogen-bond donors (Lipinski definition) is 1. The second-order valence-corrected chi connectivity index (χ2v) is 8.30. The minimum Gasteiger partial charge on any atom is -0.445 e. The van der Waals surface area contributed by atoms with Gasteiger partial charge in [-0.3, -0.25) is 4.79 Å². The molecule has 1 heterocycles. The van der Waals surface area contributed by atoms with Crippen LogP contribution >= 0.6 is 0 Å². The number of ether oxygens (including phenoxy) is 1. The number of piperidine rings is 1. The van der Waals surface area contributed by atoms with Crippen molar-refractivity contribution >= 4 is 17.7 Å². The number of amides is 2. The van der Waals surface area contributed by atoms with E-state index in [0.717, 1.165) is 11.1 Å². The van der Waals surface area contributed by atoms with Gasteiger partial charge in [0.25, 0.3) is 5.91 Å². The first-order valence-corrected chi connectivity index (χ1v) is 11.3. The molecule has 0 aliphatic carbocycles. The van der Waals surface area contributed by atoms with E-state index in [2.05, 4.69) is 0 Å². The number of nitrogens with two attached hydrogens (primary N) is 1. The quantitative estimate of drug-likeness (QED) is 0.560. The third-order valence-corrected chi connectivity index (χ3v) is 5.98. The first-order chi connectivity index (χ1) is 16.1. The molecule has 0 saturated carbocycles. The summed E-state index contributed by atoms with van der Waals surface area (Å²) in [7, 11) is 0. The molecule has 170 valence electrons. The Morgan fingerprint density at radius 3 is 2.03 bits per heavy atom. The minimum atomic E-state index is -0.309. The molecule has 2 N–H and O–H groups in total. The van der Waals surface area contributed by atoms with Gasteiger partial charge < -0.3 is 20.3 Å². The van der Waals surface area contributed by atoms with Gasteiger partial charge in [-0.1, -0.05) is 60.7 Å². The summed E-state index contributed by atoms with van der Waals surface area (Å²) in [6.45, 7) is 1.89. The van der Waals surface area contributed by atoms with Crippen LogP contribution < -0.4 is 5.73 Å². The van der Waals surface area contributed by atoms with Crippen molar-refractivity contribution in [3.05, 3.63) is 102 Å². The summed E-state index contributed by atoms with van der Waals surface area (Å²) in [6, 6.07) is 26.7. The molecule has 0 radical (unpaired) electrons. The zero-order chi connectivity index (χ0) is 23.0. The zero-order valence-corrected chi connectivity index (χ0v) is 18.6. The molecule has 0 unspecified atom stereocenters. The zero-order valence-electron chi connectivity index (χ0n) is 18.6. The fraction of sp³-hybridized carbons (Fsp3) is 0.259. The van der Waals surface area contributed by atoms with Crippen LogP contribution in [0.3, 0.4) is 0 Å². The van der Waals surface area contributed by atoms with Crippen LogP contribution in [0.2, 0.25) is 0 Å². The molecular weight excluding hydrogens is 414 g/mol. The van der Waals surface area contributed by atoms with E-state index in [1.807, 2.05) is 65.6 Å². The van der Waals surface area contributed by atoms with Crippen molar-refractivity contribution in [1.29, 1.82) is 0 Å². The lowest BCUT2D eigenvalue weighted by atomic mass is 10.0. The van der Waals surface area contributed by atoms with Gasteiger partial charge in [0, 0.05) is 36.9 Å². The topological polar surface area (TPSA) is 75.9 Å². The van der Waals surface area contributed by atoms with E-state index in [1.54, 1.807) is 29.2 Å². The number of likely N-dealkylation sites (tertiary alicyclic amines) is 1. The minimum absolute atomic E-state index is 0.0241. The van der Waals surface area contributed by atoms with Crippen LogP contribution in [0.1, 0.15) is 34.3 Å². The summed E-state index contributed by atoms with van der Waals surface area (Å²) >= 11 is 0. The van der Waals surface area contributed by atoms with Crippen LogP contribution in [-0.4, -0.2) is 40.9 Å². The highest BCUT2D eigenvalue weighted by Gasteiger charge is 2.31. The van der Waals surface area contributed by atoms with Crippen LogP contribution in [0.5, 0.6) is 0 Å². The van der Waals surface area contributed by atoms with Gasteiger partial charge in [0.2, 0.25) is 0 Å². The van der Waals surface area contributed by atoms with E-state index in [9.17, 15) is 9.59 Å². The Labute approximate surface area is 194 Å². The predicted octanol–water partition coefficient (Wildman–Crippen LogP) is 4.71. The normalized spacial score (nSPS) is 14.0. The molecule has 0 bridgehead atoms. The van der Waals surface area contributed by atoms with Gasteiger partial charge in [-0.05, 0) is 48.2 Å². The predicted molar refractivity (Wildman–Crippen MR) is 128 cm³/mol. The molecule has 1 aliphatic heterocycles. The summed E-state index contributed by atoms with van der Waals surface area (Å²) in [5.74, 6) is -0.0241. The number of hydrogen-bond acceptors (Lipinski definition) is 4. The highest BCUT2D eigenvalue weighted by molar-refractivity contribution is 5.94. The molecule has 0 atom stereocenters. The Hall–Kier alpha value is -3.80. The summed E-state index contributed by atoms with van der Waals surface area (Å²) in [6.07, 6.45) is 1.10. The summed E-state index contributed by atoms with van der Waals surface area (Å²) in [4.78, 5) is 29.6. The maximum Gasteiger partial charge on any atom is 0.410 e. The molecule has 2 amide bonds. The Morgan fingerprint density at radius 2 is 1.42 bits per heavy atom. The van der Waals surface area contributed by atoms with Gasteiger partial charge in [-0.15, -0.1) is 0 Å². The monoisotopic (exact) mass is 443 g/mol. The van der Waals surface area contributed by atoms with Gasteiger partial charge in [-0.25, -0.2) is 4.79 Å². The average molecular weight is 444 g/mol. The fourth-order valence-electron chi connectivity index (χ4n) is 4.11. The highest BCUT2D eigenvalue weighted by Crippen LogP contribution is 2.23. The lowest BCUT2D eigenvalue weighted by molar-refractivity contribution is 0.0498. The van der Waals surface area contributed by atoms with E-state index in [1.165, 1.54) is 0 Å². The summed E-state index contributed by atoms with van der Waals surface area (Å²) in [5, 5.41) is 0. The number of carbonyl (C=O) groups is 2. The Balaban J connectivity index is 1.40. The van der Waals surface area contributed by atoms with Crippen molar-refractivity contribution < 1.29 is 14.3 Å². The molecular formula is C27H29N3O3. The molecule has 1 fully saturated rings. The second-order valence-electron chi connectivity index (χ2n) is 8.30. The Kier molecular flexibility index (Phi) is 7.25. The van der Waals surface area contributed by atoms with Crippen molar-refractivity contribution in [2.75, 3.05) is 18.8 Å². The molecule has 1 aliphatic rings. The molecule has 0 aromatic heterocycles. The lowest BCUT2D eigenvalue weighted by Gasteiger charge is -2.38. The first-order valence-electron chi connectivity index (χ1n) is 11.3. The van der Waals surface area contributed by atoms with Crippen LogP contribution in [-0.2, 0) is 17.9 Å². The van der Waals surface area contributed by atoms with Crippen LogP contribution in [0, 0.1) is 0 Å². The standard InChI is InChI=1S/C27H29N3O3/c28-24-13-11-23(12-14-24)26(31)30(19-21-7-3-1-4-8-21)25-15-17-29(18-16-25)27(32)33-20-22-9-5-2-6-10-22/h1-14,25H,15-20,28H2. The fourth-order valence-corrected chi connectivity index (χ4v) is 4.11. The van der Waals surface area contributed by atoms with Crippen LogP contribution in [0.15, 0.2) is 84.9 Å². The van der Waals surface area contributed by atoms with Crippen LogP contribution in [0.25, 0.3) is 0 Å². The molecule has 3 aromatic rings. The number of carbonyl (C=O) groups excluding carboxylic acids is 2. The van der Waals surface area contributed by atoms with Gasteiger partial charge in [0.1, 0.15) is 6.61 Å². The molecule has 6 nitrogen and oxygen atoms in total. The third kappa shape index (κ3) is 5.92.